The van der Waals surface area contributed by atoms with E-state index < -0.39 is 10.0 Å². The van der Waals surface area contributed by atoms with Gasteiger partial charge in [-0.15, -0.1) is 0 Å². The van der Waals surface area contributed by atoms with Gasteiger partial charge in [0.25, 0.3) is 5.91 Å². The maximum Gasteiger partial charge on any atom is 0.262 e. The largest absolute Gasteiger partial charge is 0.484 e. The molecule has 30 heavy (non-hydrogen) atoms. The summed E-state index contributed by atoms with van der Waals surface area (Å²) >= 11 is 2.19. The molecular formula is C22H21IN2O4S. The van der Waals surface area contributed by atoms with Crippen LogP contribution in [0.3, 0.4) is 0 Å². The number of carbonyl (C=O) groups excluding carboxylic acids is 1. The molecule has 156 valence electrons. The summed E-state index contributed by atoms with van der Waals surface area (Å²) in [5, 5.41) is 2.74. The predicted molar refractivity (Wildman–Crippen MR) is 125 cm³/mol. The lowest BCUT2D eigenvalue weighted by Gasteiger charge is -2.10. The molecule has 0 atom stereocenters. The van der Waals surface area contributed by atoms with E-state index in [1.54, 1.807) is 0 Å². The summed E-state index contributed by atoms with van der Waals surface area (Å²) in [5.74, 6) is 0.117. The summed E-state index contributed by atoms with van der Waals surface area (Å²) in [6, 6.07) is 23.0. The second-order valence-corrected chi connectivity index (χ2v) is 9.46. The summed E-state index contributed by atoms with van der Waals surface area (Å²) in [4.78, 5) is 12.1. The summed E-state index contributed by atoms with van der Waals surface area (Å²) in [6.45, 7) is 0.136. The minimum atomic E-state index is -3.61. The van der Waals surface area contributed by atoms with Gasteiger partial charge in [0, 0.05) is 15.8 Å². The van der Waals surface area contributed by atoms with Crippen molar-refractivity contribution in [2.75, 3.05) is 18.5 Å². The molecule has 3 aromatic rings. The van der Waals surface area contributed by atoms with Crippen LogP contribution in [0.1, 0.15) is 5.56 Å². The molecule has 0 saturated carbocycles. The number of benzene rings is 3. The van der Waals surface area contributed by atoms with E-state index in [2.05, 4.69) is 32.6 Å². The van der Waals surface area contributed by atoms with Gasteiger partial charge < -0.3 is 10.1 Å². The molecule has 0 bridgehead atoms. The van der Waals surface area contributed by atoms with E-state index in [1.165, 1.54) is 24.3 Å². The van der Waals surface area contributed by atoms with Gasteiger partial charge in [-0.2, -0.15) is 0 Å². The van der Waals surface area contributed by atoms with Gasteiger partial charge in [-0.25, -0.2) is 13.1 Å². The van der Waals surface area contributed by atoms with Crippen LogP contribution in [0.5, 0.6) is 5.75 Å². The van der Waals surface area contributed by atoms with Crippen LogP contribution in [0.4, 0.5) is 5.69 Å². The molecule has 2 N–H and O–H groups in total. The van der Waals surface area contributed by atoms with Crippen LogP contribution in [0.2, 0.25) is 0 Å². The lowest BCUT2D eigenvalue weighted by atomic mass is 10.2. The summed E-state index contributed by atoms with van der Waals surface area (Å²) in [5.41, 5.74) is 1.75. The monoisotopic (exact) mass is 536 g/mol. The van der Waals surface area contributed by atoms with Gasteiger partial charge in [0.1, 0.15) is 5.75 Å². The molecular weight excluding hydrogens is 515 g/mol. The quantitative estimate of drug-likeness (QED) is 0.408. The molecule has 3 aromatic carbocycles. The first kappa shape index (κ1) is 22.3. The molecule has 0 spiro atoms. The maximum absolute atomic E-state index is 12.4. The number of hydrogen-bond acceptors (Lipinski definition) is 4. The number of hydrogen-bond donors (Lipinski definition) is 2. The van der Waals surface area contributed by atoms with Crippen molar-refractivity contribution in [1.82, 2.24) is 4.72 Å². The molecule has 0 heterocycles. The van der Waals surface area contributed by atoms with Crippen LogP contribution in [0.25, 0.3) is 0 Å². The van der Waals surface area contributed by atoms with Crippen molar-refractivity contribution in [3.63, 3.8) is 0 Å². The third-order valence-electron chi connectivity index (χ3n) is 4.18. The number of ether oxygens (including phenoxy) is 1. The van der Waals surface area contributed by atoms with E-state index in [1.807, 2.05) is 54.6 Å². The molecule has 6 nitrogen and oxygen atoms in total. The van der Waals surface area contributed by atoms with Gasteiger partial charge >= 0.3 is 0 Å². The third-order valence-corrected chi connectivity index (χ3v) is 6.38. The van der Waals surface area contributed by atoms with Crippen molar-refractivity contribution in [2.24, 2.45) is 0 Å². The van der Waals surface area contributed by atoms with Gasteiger partial charge in [-0.1, -0.05) is 30.3 Å². The highest BCUT2D eigenvalue weighted by Gasteiger charge is 2.13. The zero-order valence-corrected chi connectivity index (χ0v) is 19.0. The van der Waals surface area contributed by atoms with Crippen LogP contribution in [-0.4, -0.2) is 27.5 Å². The standard InChI is InChI=1S/C22H21IN2O4S/c23-18-6-8-19(9-7-18)25-22(26)16-29-20-10-12-21(13-11-20)30(27,28)24-15-14-17-4-2-1-3-5-17/h1-13,24H,14-16H2,(H,25,26). The molecule has 1 amide bonds. The topological polar surface area (TPSA) is 84.5 Å². The number of halogens is 1. The molecule has 3 rings (SSSR count). The number of rotatable bonds is 9. The number of sulfonamides is 1. The molecule has 0 unspecified atom stereocenters. The molecule has 0 aromatic heterocycles. The first-order valence-corrected chi connectivity index (χ1v) is 11.8. The first-order chi connectivity index (χ1) is 14.4. The number of carbonyl (C=O) groups is 1. The van der Waals surface area contributed by atoms with Crippen LogP contribution in [0.15, 0.2) is 83.8 Å². The SMILES string of the molecule is O=C(COc1ccc(S(=O)(=O)NCCc2ccccc2)cc1)Nc1ccc(I)cc1. The Labute approximate surface area is 189 Å². The Kier molecular flexibility index (Phi) is 7.83. The Morgan fingerprint density at radius 3 is 2.23 bits per heavy atom. The molecule has 0 saturated heterocycles. The van der Waals surface area contributed by atoms with Gasteiger partial charge in [-0.05, 0) is 83.1 Å². The molecule has 0 aliphatic heterocycles. The van der Waals surface area contributed by atoms with Gasteiger partial charge in [-0.3, -0.25) is 4.79 Å². The summed E-state index contributed by atoms with van der Waals surface area (Å²) < 4.78 is 33.9. The highest BCUT2D eigenvalue weighted by atomic mass is 127. The minimum Gasteiger partial charge on any atom is -0.484 e. The van der Waals surface area contributed by atoms with E-state index in [0.717, 1.165) is 9.13 Å². The van der Waals surface area contributed by atoms with Crippen LogP contribution in [-0.2, 0) is 21.2 Å². The fourth-order valence-corrected chi connectivity index (χ4v) is 4.04. The first-order valence-electron chi connectivity index (χ1n) is 9.24. The van der Waals surface area contributed by atoms with E-state index in [0.29, 0.717) is 24.4 Å². The third kappa shape index (κ3) is 6.82. The van der Waals surface area contributed by atoms with E-state index >= 15 is 0 Å². The number of nitrogens with one attached hydrogen (secondary N) is 2. The second kappa shape index (κ2) is 10.6. The van der Waals surface area contributed by atoms with Crippen molar-refractivity contribution < 1.29 is 17.9 Å². The summed E-state index contributed by atoms with van der Waals surface area (Å²) in [6.07, 6.45) is 0.608. The lowest BCUT2D eigenvalue weighted by Crippen LogP contribution is -2.26. The van der Waals surface area contributed by atoms with Crippen molar-refractivity contribution >= 4 is 44.2 Å². The lowest BCUT2D eigenvalue weighted by molar-refractivity contribution is -0.118. The Hall–Kier alpha value is -2.43. The zero-order chi connectivity index (χ0) is 21.4. The maximum atomic E-state index is 12.4. The van der Waals surface area contributed by atoms with Gasteiger partial charge in [0.2, 0.25) is 10.0 Å². The second-order valence-electron chi connectivity index (χ2n) is 6.45. The Morgan fingerprint density at radius 1 is 0.900 bits per heavy atom. The zero-order valence-electron chi connectivity index (χ0n) is 16.0. The van der Waals surface area contributed by atoms with Crippen molar-refractivity contribution in [2.45, 2.75) is 11.3 Å². The summed E-state index contributed by atoms with van der Waals surface area (Å²) in [7, 11) is -3.61. The minimum absolute atomic E-state index is 0.145. The van der Waals surface area contributed by atoms with E-state index in [4.69, 9.17) is 4.74 Å². The molecule has 8 heteroatoms. The van der Waals surface area contributed by atoms with E-state index in [9.17, 15) is 13.2 Å². The highest BCUT2D eigenvalue weighted by molar-refractivity contribution is 14.1. The highest BCUT2D eigenvalue weighted by Crippen LogP contribution is 2.16. The van der Waals surface area contributed by atoms with Crippen molar-refractivity contribution in [3.8, 4) is 5.75 Å². The average molecular weight is 536 g/mol. The van der Waals surface area contributed by atoms with Crippen LogP contribution in [0, 0.1) is 3.57 Å². The Bertz CT molecular complexity index is 1070. The Balaban J connectivity index is 1.48. The number of amides is 1. The fourth-order valence-electron chi connectivity index (χ4n) is 2.65. The predicted octanol–water partition coefficient (Wildman–Crippen LogP) is 3.83. The molecule has 0 radical (unpaired) electrons. The van der Waals surface area contributed by atoms with Crippen molar-refractivity contribution in [3.05, 3.63) is 88.0 Å². The molecule has 0 aliphatic carbocycles. The smallest absolute Gasteiger partial charge is 0.262 e. The van der Waals surface area contributed by atoms with E-state index in [-0.39, 0.29) is 17.4 Å². The normalized spacial score (nSPS) is 11.1. The fraction of sp³-hybridized carbons (Fsp3) is 0.136. The van der Waals surface area contributed by atoms with Crippen LogP contribution < -0.4 is 14.8 Å². The average Bonchev–Trinajstić information content (AvgIpc) is 2.75. The molecule has 0 fully saturated rings. The van der Waals surface area contributed by atoms with Crippen molar-refractivity contribution in [1.29, 1.82) is 0 Å². The van der Waals surface area contributed by atoms with Gasteiger partial charge in [0.15, 0.2) is 6.61 Å². The molecule has 0 aliphatic rings. The van der Waals surface area contributed by atoms with Gasteiger partial charge in [0.05, 0.1) is 4.90 Å². The Morgan fingerprint density at radius 2 is 1.57 bits per heavy atom. The van der Waals surface area contributed by atoms with Crippen LogP contribution >= 0.6 is 22.6 Å². The number of anilines is 1.